The summed E-state index contributed by atoms with van der Waals surface area (Å²) in [6, 6.07) is 1.56. The first-order valence-electron chi connectivity index (χ1n) is 7.09. The van der Waals surface area contributed by atoms with Crippen LogP contribution in [0.1, 0.15) is 36.3 Å². The van der Waals surface area contributed by atoms with E-state index in [0.717, 1.165) is 12.0 Å². The highest BCUT2D eigenvalue weighted by Gasteiger charge is 2.35. The molecule has 0 aliphatic carbocycles. The fourth-order valence-corrected chi connectivity index (χ4v) is 2.65. The van der Waals surface area contributed by atoms with Crippen LogP contribution >= 0.6 is 0 Å². The van der Waals surface area contributed by atoms with Gasteiger partial charge in [0.2, 0.25) is 5.91 Å². The van der Waals surface area contributed by atoms with E-state index in [-0.39, 0.29) is 17.9 Å². The number of amides is 2. The van der Waals surface area contributed by atoms with Gasteiger partial charge in [-0.05, 0) is 30.4 Å². The first kappa shape index (κ1) is 14.6. The third-order valence-corrected chi connectivity index (χ3v) is 3.80. The Labute approximate surface area is 119 Å². The van der Waals surface area contributed by atoms with Crippen LogP contribution < -0.4 is 0 Å². The zero-order valence-corrected chi connectivity index (χ0v) is 12.6. The van der Waals surface area contributed by atoms with Gasteiger partial charge in [0.15, 0.2) is 0 Å². The molecule has 0 aromatic carbocycles. The summed E-state index contributed by atoms with van der Waals surface area (Å²) in [5.74, 6) is 0.458. The fourth-order valence-electron chi connectivity index (χ4n) is 2.65. The number of aromatic amines is 1. The number of hydrogen-bond donors (Lipinski definition) is 1. The third kappa shape index (κ3) is 2.86. The molecule has 1 unspecified atom stereocenters. The summed E-state index contributed by atoms with van der Waals surface area (Å²) < 4.78 is 0. The largest absolute Gasteiger partial charge is 0.357 e. The van der Waals surface area contributed by atoms with Crippen LogP contribution in [-0.4, -0.2) is 53.3 Å². The molecule has 20 heavy (non-hydrogen) atoms. The van der Waals surface area contributed by atoms with Crippen LogP contribution in [0, 0.1) is 5.92 Å². The summed E-state index contributed by atoms with van der Waals surface area (Å²) in [4.78, 5) is 30.6. The molecule has 1 N–H and O–H groups in total. The van der Waals surface area contributed by atoms with Crippen molar-refractivity contribution in [1.82, 2.24) is 14.8 Å². The molecule has 5 heteroatoms. The van der Waals surface area contributed by atoms with Crippen LogP contribution in [-0.2, 0) is 11.2 Å². The second-order valence-corrected chi connectivity index (χ2v) is 6.00. The highest BCUT2D eigenvalue weighted by molar-refractivity contribution is 5.96. The molecule has 2 amide bonds. The Hall–Kier alpha value is -1.78. The van der Waals surface area contributed by atoms with Crippen LogP contribution in [0.25, 0.3) is 0 Å². The number of nitrogens with zero attached hydrogens (tertiary/aromatic N) is 2. The van der Waals surface area contributed by atoms with E-state index in [9.17, 15) is 9.59 Å². The summed E-state index contributed by atoms with van der Waals surface area (Å²) in [6.07, 6.45) is 3.53. The Balaban J connectivity index is 2.07. The van der Waals surface area contributed by atoms with Crippen molar-refractivity contribution in [3.05, 3.63) is 23.5 Å². The van der Waals surface area contributed by atoms with Gasteiger partial charge in [0.1, 0.15) is 11.7 Å². The Bertz CT molecular complexity index is 507. The van der Waals surface area contributed by atoms with E-state index in [2.05, 4.69) is 18.8 Å². The van der Waals surface area contributed by atoms with Gasteiger partial charge in [0.25, 0.3) is 5.91 Å². The zero-order chi connectivity index (χ0) is 14.9. The lowest BCUT2D eigenvalue weighted by Crippen LogP contribution is -2.42. The van der Waals surface area contributed by atoms with E-state index >= 15 is 0 Å². The van der Waals surface area contributed by atoms with Crippen LogP contribution in [0.5, 0.6) is 0 Å². The zero-order valence-electron chi connectivity index (χ0n) is 12.6. The van der Waals surface area contributed by atoms with Gasteiger partial charge in [-0.25, -0.2) is 0 Å². The van der Waals surface area contributed by atoms with Crippen LogP contribution in [0.2, 0.25) is 0 Å². The fraction of sp³-hybridized carbons (Fsp3) is 0.600. The van der Waals surface area contributed by atoms with Crippen molar-refractivity contribution in [3.8, 4) is 0 Å². The standard InChI is InChI=1S/C15H23N3O2/c1-10(2)7-11-8-12(16-9-11)14(19)18(4)13-5-6-17(3)15(13)20/h8-10,13,16H,5-7H2,1-4H3. The average Bonchev–Trinajstić information content (AvgIpc) is 2.96. The summed E-state index contributed by atoms with van der Waals surface area (Å²) in [6.45, 7) is 5.01. The summed E-state index contributed by atoms with van der Waals surface area (Å²) in [5, 5.41) is 0. The monoisotopic (exact) mass is 277 g/mol. The second kappa shape index (κ2) is 5.69. The topological polar surface area (TPSA) is 56.4 Å². The molecule has 1 fully saturated rings. The molecule has 2 heterocycles. The van der Waals surface area contributed by atoms with E-state index < -0.39 is 0 Å². The summed E-state index contributed by atoms with van der Waals surface area (Å²) in [7, 11) is 3.48. The molecule has 1 aromatic rings. The lowest BCUT2D eigenvalue weighted by atomic mass is 10.1. The maximum Gasteiger partial charge on any atom is 0.270 e. The van der Waals surface area contributed by atoms with Gasteiger partial charge >= 0.3 is 0 Å². The first-order valence-corrected chi connectivity index (χ1v) is 7.09. The predicted molar refractivity (Wildman–Crippen MR) is 77.5 cm³/mol. The molecular formula is C15H23N3O2. The van der Waals surface area contributed by atoms with Crippen molar-refractivity contribution in [2.24, 2.45) is 5.92 Å². The van der Waals surface area contributed by atoms with Crippen molar-refractivity contribution in [2.45, 2.75) is 32.7 Å². The van der Waals surface area contributed by atoms with E-state index in [0.29, 0.717) is 24.6 Å². The van der Waals surface area contributed by atoms with Gasteiger partial charge in [-0.15, -0.1) is 0 Å². The van der Waals surface area contributed by atoms with Crippen molar-refractivity contribution < 1.29 is 9.59 Å². The normalized spacial score (nSPS) is 18.9. The van der Waals surface area contributed by atoms with Crippen LogP contribution in [0.3, 0.4) is 0 Å². The molecule has 1 aromatic heterocycles. The molecule has 0 bridgehead atoms. The number of likely N-dealkylation sites (N-methyl/N-ethyl adjacent to an activating group) is 2. The molecule has 1 saturated heterocycles. The maximum atomic E-state index is 12.4. The number of H-pyrrole nitrogens is 1. The minimum Gasteiger partial charge on any atom is -0.357 e. The number of aromatic nitrogens is 1. The Morgan fingerprint density at radius 3 is 2.80 bits per heavy atom. The Kier molecular flexibility index (Phi) is 4.16. The van der Waals surface area contributed by atoms with Crippen molar-refractivity contribution >= 4 is 11.8 Å². The molecule has 0 saturated carbocycles. The molecule has 110 valence electrons. The molecule has 1 aliphatic rings. The van der Waals surface area contributed by atoms with E-state index in [1.807, 2.05) is 12.3 Å². The first-order chi connectivity index (χ1) is 9.40. The predicted octanol–water partition coefficient (Wildman–Crippen LogP) is 1.52. The molecule has 5 nitrogen and oxygen atoms in total. The Morgan fingerprint density at radius 1 is 1.55 bits per heavy atom. The number of carbonyl (C=O) groups excluding carboxylic acids is 2. The summed E-state index contributed by atoms with van der Waals surface area (Å²) in [5.41, 5.74) is 1.69. The smallest absolute Gasteiger partial charge is 0.270 e. The quantitative estimate of drug-likeness (QED) is 0.907. The van der Waals surface area contributed by atoms with E-state index in [4.69, 9.17) is 0 Å². The van der Waals surface area contributed by atoms with Crippen LogP contribution in [0.15, 0.2) is 12.3 Å². The Morgan fingerprint density at radius 2 is 2.25 bits per heavy atom. The summed E-state index contributed by atoms with van der Waals surface area (Å²) >= 11 is 0. The number of nitrogens with one attached hydrogen (secondary N) is 1. The lowest BCUT2D eigenvalue weighted by molar-refractivity contribution is -0.130. The van der Waals surface area contributed by atoms with Gasteiger partial charge in [-0.3, -0.25) is 9.59 Å². The number of hydrogen-bond acceptors (Lipinski definition) is 2. The molecular weight excluding hydrogens is 254 g/mol. The third-order valence-electron chi connectivity index (χ3n) is 3.80. The van der Waals surface area contributed by atoms with E-state index in [1.165, 1.54) is 0 Å². The highest BCUT2D eigenvalue weighted by Crippen LogP contribution is 2.17. The highest BCUT2D eigenvalue weighted by atomic mass is 16.2. The molecule has 1 atom stereocenters. The maximum absolute atomic E-state index is 12.4. The van der Waals surface area contributed by atoms with Crippen molar-refractivity contribution in [3.63, 3.8) is 0 Å². The van der Waals surface area contributed by atoms with Gasteiger partial charge in [0.05, 0.1) is 0 Å². The SMILES string of the molecule is CC(C)Cc1c[nH]c(C(=O)N(C)C2CCN(C)C2=O)c1. The second-order valence-electron chi connectivity index (χ2n) is 6.00. The van der Waals surface area contributed by atoms with Gasteiger partial charge in [-0.1, -0.05) is 13.8 Å². The minimum atomic E-state index is -0.329. The molecule has 1 aliphatic heterocycles. The van der Waals surface area contributed by atoms with Gasteiger partial charge < -0.3 is 14.8 Å². The minimum absolute atomic E-state index is 0.0230. The van der Waals surface area contributed by atoms with Gasteiger partial charge in [-0.2, -0.15) is 0 Å². The van der Waals surface area contributed by atoms with Crippen molar-refractivity contribution in [1.29, 1.82) is 0 Å². The number of likely N-dealkylation sites (tertiary alicyclic amines) is 1. The van der Waals surface area contributed by atoms with E-state index in [1.54, 1.807) is 23.9 Å². The van der Waals surface area contributed by atoms with Gasteiger partial charge in [0, 0.05) is 26.8 Å². The number of carbonyl (C=O) groups is 2. The van der Waals surface area contributed by atoms with Crippen molar-refractivity contribution in [2.75, 3.05) is 20.6 Å². The van der Waals surface area contributed by atoms with Crippen LogP contribution in [0.4, 0.5) is 0 Å². The molecule has 2 rings (SSSR count). The molecule has 0 radical (unpaired) electrons. The lowest BCUT2D eigenvalue weighted by Gasteiger charge is -2.22. The average molecular weight is 277 g/mol. The molecule has 0 spiro atoms. The number of rotatable bonds is 4.